The second-order valence-corrected chi connectivity index (χ2v) is 5.30. The maximum Gasteiger partial charge on any atom is 0.280 e. The summed E-state index contributed by atoms with van der Waals surface area (Å²) in [4.78, 5) is 30.9. The average Bonchev–Trinajstić information content (AvgIpc) is 2.56. The number of fused-ring (bicyclic) bond motifs is 1. The van der Waals surface area contributed by atoms with Crippen LogP contribution in [0.4, 0.5) is 0 Å². The summed E-state index contributed by atoms with van der Waals surface area (Å²) in [5.74, 6) is -0.988. The number of pyridine rings is 2. The fourth-order valence-electron chi connectivity index (χ4n) is 2.64. The Balaban J connectivity index is 1.82. The Morgan fingerprint density at radius 1 is 1.35 bits per heavy atom. The molecule has 0 radical (unpaired) electrons. The van der Waals surface area contributed by atoms with Gasteiger partial charge in [-0.15, -0.1) is 0 Å². The van der Waals surface area contributed by atoms with Crippen molar-refractivity contribution < 1.29 is 9.90 Å². The SMILES string of the molecule is O=C(N/N=C/c1ccccn1)c1c(O)c2c([nH]c1=O)CCCC2. The summed E-state index contributed by atoms with van der Waals surface area (Å²) in [6.45, 7) is 0. The second-order valence-electron chi connectivity index (χ2n) is 5.30. The van der Waals surface area contributed by atoms with Crippen LogP contribution in [-0.2, 0) is 12.8 Å². The molecule has 0 fully saturated rings. The maximum absolute atomic E-state index is 12.1. The molecule has 0 saturated heterocycles. The Kier molecular flexibility index (Phi) is 4.18. The van der Waals surface area contributed by atoms with E-state index in [0.29, 0.717) is 29.8 Å². The fourth-order valence-corrected chi connectivity index (χ4v) is 2.64. The van der Waals surface area contributed by atoms with E-state index in [0.717, 1.165) is 12.8 Å². The first kappa shape index (κ1) is 15.0. The smallest absolute Gasteiger partial charge is 0.280 e. The van der Waals surface area contributed by atoms with Crippen LogP contribution in [0.15, 0.2) is 34.3 Å². The normalized spacial score (nSPS) is 13.7. The Labute approximate surface area is 132 Å². The van der Waals surface area contributed by atoms with Gasteiger partial charge in [0.05, 0.1) is 11.9 Å². The number of nitrogens with one attached hydrogen (secondary N) is 2. The highest BCUT2D eigenvalue weighted by Gasteiger charge is 2.23. The quantitative estimate of drug-likeness (QED) is 0.583. The lowest BCUT2D eigenvalue weighted by Gasteiger charge is -2.17. The van der Waals surface area contributed by atoms with E-state index in [1.807, 2.05) is 0 Å². The Morgan fingerprint density at radius 2 is 2.17 bits per heavy atom. The molecule has 0 spiro atoms. The van der Waals surface area contributed by atoms with Crippen LogP contribution < -0.4 is 11.0 Å². The number of H-pyrrole nitrogens is 1. The van der Waals surface area contributed by atoms with Crippen molar-refractivity contribution in [2.75, 3.05) is 0 Å². The van der Waals surface area contributed by atoms with Crippen LogP contribution in [-0.4, -0.2) is 27.2 Å². The first-order chi connectivity index (χ1) is 11.2. The zero-order chi connectivity index (χ0) is 16.2. The van der Waals surface area contributed by atoms with Gasteiger partial charge in [-0.2, -0.15) is 5.10 Å². The van der Waals surface area contributed by atoms with Gasteiger partial charge < -0.3 is 10.1 Å². The van der Waals surface area contributed by atoms with Crippen LogP contribution in [0.2, 0.25) is 0 Å². The van der Waals surface area contributed by atoms with E-state index in [2.05, 4.69) is 20.5 Å². The molecule has 3 rings (SSSR count). The first-order valence-electron chi connectivity index (χ1n) is 7.38. The summed E-state index contributed by atoms with van der Waals surface area (Å²) in [6.07, 6.45) is 6.20. The molecule has 0 bridgehead atoms. The summed E-state index contributed by atoms with van der Waals surface area (Å²) in [5.41, 5.74) is 3.27. The number of aromatic amines is 1. The van der Waals surface area contributed by atoms with Crippen molar-refractivity contribution in [1.82, 2.24) is 15.4 Å². The minimum Gasteiger partial charge on any atom is -0.507 e. The summed E-state index contributed by atoms with van der Waals surface area (Å²) < 4.78 is 0. The summed E-state index contributed by atoms with van der Waals surface area (Å²) in [6, 6.07) is 5.27. The van der Waals surface area contributed by atoms with E-state index in [4.69, 9.17) is 0 Å². The fraction of sp³-hybridized carbons (Fsp3) is 0.250. The highest BCUT2D eigenvalue weighted by molar-refractivity contribution is 5.97. The van der Waals surface area contributed by atoms with E-state index >= 15 is 0 Å². The van der Waals surface area contributed by atoms with Gasteiger partial charge in [0.2, 0.25) is 0 Å². The molecule has 7 heteroatoms. The Bertz CT molecular complexity index is 812. The van der Waals surface area contributed by atoms with Gasteiger partial charge in [-0.1, -0.05) is 6.07 Å². The average molecular weight is 312 g/mol. The van der Waals surface area contributed by atoms with Crippen molar-refractivity contribution in [1.29, 1.82) is 0 Å². The topological polar surface area (TPSA) is 107 Å². The van der Waals surface area contributed by atoms with Gasteiger partial charge in [0, 0.05) is 17.5 Å². The Morgan fingerprint density at radius 3 is 2.96 bits per heavy atom. The molecular weight excluding hydrogens is 296 g/mol. The number of aryl methyl sites for hydroxylation is 1. The molecule has 0 atom stereocenters. The third-order valence-corrected chi connectivity index (χ3v) is 3.76. The highest BCUT2D eigenvalue weighted by atomic mass is 16.3. The van der Waals surface area contributed by atoms with Crippen molar-refractivity contribution in [3.63, 3.8) is 0 Å². The first-order valence-corrected chi connectivity index (χ1v) is 7.38. The molecule has 2 heterocycles. The third-order valence-electron chi connectivity index (χ3n) is 3.76. The van der Waals surface area contributed by atoms with Gasteiger partial charge in [-0.3, -0.25) is 14.6 Å². The van der Waals surface area contributed by atoms with Gasteiger partial charge in [-0.25, -0.2) is 5.43 Å². The molecule has 0 aliphatic heterocycles. The van der Waals surface area contributed by atoms with Gasteiger partial charge >= 0.3 is 0 Å². The van der Waals surface area contributed by atoms with Gasteiger partial charge in [0.25, 0.3) is 11.5 Å². The highest BCUT2D eigenvalue weighted by Crippen LogP contribution is 2.28. The van der Waals surface area contributed by atoms with E-state index < -0.39 is 11.5 Å². The number of hydrazone groups is 1. The maximum atomic E-state index is 12.1. The largest absolute Gasteiger partial charge is 0.507 e. The van der Waals surface area contributed by atoms with Crippen LogP contribution in [0.1, 0.15) is 40.2 Å². The third kappa shape index (κ3) is 3.13. The molecule has 118 valence electrons. The molecule has 0 saturated carbocycles. The minimum absolute atomic E-state index is 0.242. The van der Waals surface area contributed by atoms with Gasteiger partial charge in [0.15, 0.2) is 0 Å². The van der Waals surface area contributed by atoms with Gasteiger partial charge in [0.1, 0.15) is 11.3 Å². The lowest BCUT2D eigenvalue weighted by molar-refractivity contribution is 0.0950. The summed E-state index contributed by atoms with van der Waals surface area (Å²) in [7, 11) is 0. The minimum atomic E-state index is -0.746. The molecular formula is C16H16N4O3. The summed E-state index contributed by atoms with van der Waals surface area (Å²) >= 11 is 0. The van der Waals surface area contributed by atoms with E-state index in [1.54, 1.807) is 24.4 Å². The molecule has 3 N–H and O–H groups in total. The molecule has 7 nitrogen and oxygen atoms in total. The van der Waals surface area contributed by atoms with E-state index in [-0.39, 0.29) is 11.3 Å². The lowest BCUT2D eigenvalue weighted by atomic mass is 9.94. The number of amides is 1. The number of aromatic nitrogens is 2. The zero-order valence-electron chi connectivity index (χ0n) is 12.4. The predicted octanol–water partition coefficient (Wildman–Crippen LogP) is 1.12. The van der Waals surface area contributed by atoms with Crippen molar-refractivity contribution >= 4 is 12.1 Å². The molecule has 0 unspecified atom stereocenters. The Hall–Kier alpha value is -2.96. The monoisotopic (exact) mass is 312 g/mol. The molecule has 1 aliphatic carbocycles. The van der Waals surface area contributed by atoms with Crippen molar-refractivity contribution in [2.45, 2.75) is 25.7 Å². The number of hydrogen-bond donors (Lipinski definition) is 3. The van der Waals surface area contributed by atoms with Crippen molar-refractivity contribution in [3.05, 3.63) is 57.3 Å². The number of carbonyl (C=O) groups is 1. The number of aromatic hydroxyl groups is 1. The van der Waals surface area contributed by atoms with Crippen LogP contribution in [0.3, 0.4) is 0 Å². The molecule has 1 amide bonds. The lowest BCUT2D eigenvalue weighted by Crippen LogP contribution is -2.29. The second kappa shape index (κ2) is 6.43. The standard InChI is InChI=1S/C16H16N4O3/c21-14-11-6-1-2-7-12(11)19-15(22)13(14)16(23)20-18-9-10-5-3-4-8-17-10/h3-5,8-9H,1-2,6-7H2,(H,20,23)(H2,19,21,22)/b18-9+. The van der Waals surface area contributed by atoms with Crippen LogP contribution in [0, 0.1) is 0 Å². The predicted molar refractivity (Wildman–Crippen MR) is 84.7 cm³/mol. The molecule has 2 aromatic heterocycles. The number of rotatable bonds is 3. The molecule has 2 aromatic rings. The van der Waals surface area contributed by atoms with Crippen LogP contribution >= 0.6 is 0 Å². The number of nitrogens with zero attached hydrogens (tertiary/aromatic N) is 2. The zero-order valence-corrected chi connectivity index (χ0v) is 12.4. The van der Waals surface area contributed by atoms with E-state index in [1.165, 1.54) is 6.21 Å². The number of hydrogen-bond acceptors (Lipinski definition) is 5. The van der Waals surface area contributed by atoms with E-state index in [9.17, 15) is 14.7 Å². The summed E-state index contributed by atoms with van der Waals surface area (Å²) in [5, 5.41) is 14.0. The number of carbonyl (C=O) groups excluding carboxylic acids is 1. The van der Waals surface area contributed by atoms with Crippen LogP contribution in [0.5, 0.6) is 5.75 Å². The van der Waals surface area contributed by atoms with Crippen LogP contribution in [0.25, 0.3) is 0 Å². The van der Waals surface area contributed by atoms with Crippen molar-refractivity contribution in [2.24, 2.45) is 5.10 Å². The molecule has 0 aromatic carbocycles. The molecule has 23 heavy (non-hydrogen) atoms. The van der Waals surface area contributed by atoms with Gasteiger partial charge in [-0.05, 0) is 37.8 Å². The van der Waals surface area contributed by atoms with Crippen molar-refractivity contribution in [3.8, 4) is 5.75 Å². The molecule has 1 aliphatic rings.